The van der Waals surface area contributed by atoms with Crippen LogP contribution >= 0.6 is 0 Å². The van der Waals surface area contributed by atoms with Gasteiger partial charge in [-0.3, -0.25) is 0 Å². The first-order chi connectivity index (χ1) is 13.3. The number of ether oxygens (including phenoxy) is 1. The second-order valence-electron chi connectivity index (χ2n) is 8.45. The molecule has 0 spiro atoms. The van der Waals surface area contributed by atoms with E-state index in [1.165, 1.54) is 11.9 Å². The van der Waals surface area contributed by atoms with E-state index in [-0.39, 0.29) is 24.2 Å². The molecule has 3 aromatic heterocycles. The third kappa shape index (κ3) is 3.12. The molecule has 2 N–H and O–H groups in total. The van der Waals surface area contributed by atoms with Crippen molar-refractivity contribution in [3.63, 3.8) is 0 Å². The lowest BCUT2D eigenvalue weighted by Gasteiger charge is -2.33. The highest BCUT2D eigenvalue weighted by Crippen LogP contribution is 2.40. The van der Waals surface area contributed by atoms with Gasteiger partial charge in [0.05, 0.1) is 35.9 Å². The smallest absolute Gasteiger partial charge is 0.229 e. The number of hydrogen-bond donors (Lipinski definition) is 2. The summed E-state index contributed by atoms with van der Waals surface area (Å²) in [6, 6.07) is -0.0910. The van der Waals surface area contributed by atoms with Gasteiger partial charge in [-0.25, -0.2) is 15.0 Å². The summed E-state index contributed by atoms with van der Waals surface area (Å²) in [5.41, 5.74) is 5.07. The molecule has 28 heavy (non-hydrogen) atoms. The Bertz CT molecular complexity index is 1020. The van der Waals surface area contributed by atoms with Crippen LogP contribution in [0, 0.1) is 0 Å². The van der Waals surface area contributed by atoms with Crippen LogP contribution in [-0.2, 0) is 17.8 Å². The first-order valence-electron chi connectivity index (χ1n) is 9.94. The zero-order chi connectivity index (χ0) is 20.1. The molecule has 1 aliphatic heterocycles. The molecule has 3 aromatic rings. The summed E-state index contributed by atoms with van der Waals surface area (Å²) >= 11 is 0. The van der Waals surface area contributed by atoms with Gasteiger partial charge in [-0.05, 0) is 31.7 Å². The third-order valence-corrected chi connectivity index (χ3v) is 5.46. The van der Waals surface area contributed by atoms with E-state index >= 15 is 0 Å². The molecule has 7 nitrogen and oxygen atoms in total. The molecule has 0 unspecified atom stereocenters. The second-order valence-corrected chi connectivity index (χ2v) is 8.45. The Morgan fingerprint density at radius 3 is 2.71 bits per heavy atom. The molecular weight excluding hydrogens is 356 g/mol. The lowest BCUT2D eigenvalue weighted by molar-refractivity contribution is -0.0402. The first kappa shape index (κ1) is 19.1. The fourth-order valence-corrected chi connectivity index (χ4v) is 3.88. The Morgan fingerprint density at radius 2 is 2.04 bits per heavy atom. The maximum atomic E-state index is 9.55. The van der Waals surface area contributed by atoms with Crippen molar-refractivity contribution in [3.05, 3.63) is 23.1 Å². The summed E-state index contributed by atoms with van der Waals surface area (Å²) in [4.78, 5) is 13.7. The topological polar surface area (TPSA) is 93.3 Å². The minimum absolute atomic E-state index is 0.0267. The van der Waals surface area contributed by atoms with E-state index in [4.69, 9.17) is 14.1 Å². The number of pyridine rings is 1. The predicted molar refractivity (Wildman–Crippen MR) is 109 cm³/mol. The SMILES string of the molecule is CC[C@@H](CO)Nc1ncnc2c1oc1nc(C(C)C)c3c(c12)CC(C)(C)OC3. The second kappa shape index (κ2) is 6.97. The first-order valence-corrected chi connectivity index (χ1v) is 9.94. The quantitative estimate of drug-likeness (QED) is 0.688. The highest BCUT2D eigenvalue weighted by Gasteiger charge is 2.33. The molecule has 0 fully saturated rings. The number of aliphatic hydroxyl groups is 1. The van der Waals surface area contributed by atoms with Gasteiger partial charge in [-0.1, -0.05) is 20.8 Å². The van der Waals surface area contributed by atoms with Crippen LogP contribution in [0.1, 0.15) is 63.8 Å². The van der Waals surface area contributed by atoms with Crippen molar-refractivity contribution in [2.45, 2.75) is 71.6 Å². The van der Waals surface area contributed by atoms with Gasteiger partial charge in [-0.2, -0.15) is 0 Å². The standard InChI is InChI=1S/C21H28N4O3/c1-6-12(8-26)24-19-18-17(22-10-23-19)15-13-7-21(4,5)27-9-14(13)16(11(2)3)25-20(15)28-18/h10-12,26H,6-9H2,1-5H3,(H,22,23,24)/t12-/m0/s1. The van der Waals surface area contributed by atoms with Gasteiger partial charge in [0.2, 0.25) is 5.71 Å². The fourth-order valence-electron chi connectivity index (χ4n) is 3.88. The van der Waals surface area contributed by atoms with Crippen LogP contribution in [0.25, 0.3) is 22.2 Å². The minimum Gasteiger partial charge on any atom is -0.432 e. The lowest BCUT2D eigenvalue weighted by atomic mass is 9.87. The molecule has 0 amide bonds. The third-order valence-electron chi connectivity index (χ3n) is 5.46. The number of nitrogens with zero attached hydrogens (tertiary/aromatic N) is 3. The normalized spacial score (nSPS) is 17.2. The molecule has 1 aliphatic rings. The van der Waals surface area contributed by atoms with E-state index < -0.39 is 0 Å². The number of fused-ring (bicyclic) bond motifs is 5. The molecule has 0 bridgehead atoms. The van der Waals surface area contributed by atoms with Crippen LogP contribution in [0.2, 0.25) is 0 Å². The molecule has 4 heterocycles. The van der Waals surface area contributed by atoms with Crippen molar-refractivity contribution in [1.82, 2.24) is 15.0 Å². The molecule has 7 heteroatoms. The summed E-state index contributed by atoms with van der Waals surface area (Å²) in [5.74, 6) is 0.855. The monoisotopic (exact) mass is 384 g/mol. The largest absolute Gasteiger partial charge is 0.432 e. The number of aromatic nitrogens is 3. The molecule has 0 aromatic carbocycles. The van der Waals surface area contributed by atoms with Gasteiger partial charge < -0.3 is 19.6 Å². The Labute approximate surface area is 164 Å². The molecule has 0 saturated heterocycles. The van der Waals surface area contributed by atoms with Gasteiger partial charge in [-0.15, -0.1) is 0 Å². The van der Waals surface area contributed by atoms with Gasteiger partial charge in [0.1, 0.15) is 11.8 Å². The predicted octanol–water partition coefficient (Wildman–Crippen LogP) is 3.93. The van der Waals surface area contributed by atoms with Crippen molar-refractivity contribution in [2.75, 3.05) is 11.9 Å². The summed E-state index contributed by atoms with van der Waals surface area (Å²) in [6.07, 6.45) is 3.09. The zero-order valence-electron chi connectivity index (χ0n) is 17.2. The van der Waals surface area contributed by atoms with Crippen molar-refractivity contribution in [2.24, 2.45) is 0 Å². The number of aliphatic hydroxyl groups excluding tert-OH is 1. The molecule has 0 saturated carbocycles. The molecular formula is C21H28N4O3. The van der Waals surface area contributed by atoms with Crippen molar-refractivity contribution < 1.29 is 14.3 Å². The van der Waals surface area contributed by atoms with E-state index in [2.05, 4.69) is 43.0 Å². The van der Waals surface area contributed by atoms with Crippen molar-refractivity contribution in [1.29, 1.82) is 0 Å². The number of anilines is 1. The highest BCUT2D eigenvalue weighted by atomic mass is 16.5. The maximum Gasteiger partial charge on any atom is 0.229 e. The van der Waals surface area contributed by atoms with Crippen LogP contribution in [0.4, 0.5) is 5.82 Å². The van der Waals surface area contributed by atoms with Crippen LogP contribution in [0.5, 0.6) is 0 Å². The van der Waals surface area contributed by atoms with Crippen molar-refractivity contribution >= 4 is 28.0 Å². The Hall–Kier alpha value is -2.25. The van der Waals surface area contributed by atoms with E-state index in [0.717, 1.165) is 35.0 Å². The average Bonchev–Trinajstić information content (AvgIpc) is 3.04. The van der Waals surface area contributed by atoms with Gasteiger partial charge in [0.25, 0.3) is 0 Å². The van der Waals surface area contributed by atoms with E-state index in [0.29, 0.717) is 23.7 Å². The zero-order valence-corrected chi connectivity index (χ0v) is 17.2. The van der Waals surface area contributed by atoms with E-state index in [1.54, 1.807) is 0 Å². The summed E-state index contributed by atoms with van der Waals surface area (Å²) in [7, 11) is 0. The Kier molecular flexibility index (Phi) is 4.75. The van der Waals surface area contributed by atoms with Gasteiger partial charge in [0, 0.05) is 12.0 Å². The van der Waals surface area contributed by atoms with Crippen molar-refractivity contribution in [3.8, 4) is 0 Å². The molecule has 0 aliphatic carbocycles. The molecule has 1 atom stereocenters. The van der Waals surface area contributed by atoms with Crippen LogP contribution < -0.4 is 5.32 Å². The van der Waals surface area contributed by atoms with E-state index in [9.17, 15) is 5.11 Å². The summed E-state index contributed by atoms with van der Waals surface area (Å²) < 4.78 is 12.3. The number of hydrogen-bond acceptors (Lipinski definition) is 7. The number of rotatable bonds is 5. The van der Waals surface area contributed by atoms with Crippen LogP contribution in [-0.4, -0.2) is 38.3 Å². The highest BCUT2D eigenvalue weighted by molar-refractivity contribution is 6.06. The van der Waals surface area contributed by atoms with Crippen LogP contribution in [0.15, 0.2) is 10.7 Å². The number of furan rings is 1. The van der Waals surface area contributed by atoms with E-state index in [1.807, 2.05) is 6.92 Å². The summed E-state index contributed by atoms with van der Waals surface area (Å²) in [6.45, 7) is 11.1. The van der Waals surface area contributed by atoms with Gasteiger partial charge >= 0.3 is 0 Å². The summed E-state index contributed by atoms with van der Waals surface area (Å²) in [5, 5.41) is 13.8. The molecule has 150 valence electrons. The molecule has 4 rings (SSSR count). The Morgan fingerprint density at radius 1 is 1.25 bits per heavy atom. The average molecular weight is 384 g/mol. The Balaban J connectivity index is 1.99. The fraction of sp³-hybridized carbons (Fsp3) is 0.571. The molecule has 0 radical (unpaired) electrons. The van der Waals surface area contributed by atoms with Gasteiger partial charge in [0.15, 0.2) is 11.4 Å². The van der Waals surface area contributed by atoms with Crippen LogP contribution in [0.3, 0.4) is 0 Å². The maximum absolute atomic E-state index is 9.55. The number of nitrogens with one attached hydrogen (secondary N) is 1. The minimum atomic E-state index is -0.253. The lowest BCUT2D eigenvalue weighted by Crippen LogP contribution is -2.33.